The van der Waals surface area contributed by atoms with Gasteiger partial charge in [-0.15, -0.1) is 0 Å². The van der Waals surface area contributed by atoms with E-state index in [0.29, 0.717) is 6.07 Å². The second kappa shape index (κ2) is 3.40. The Kier molecular flexibility index (Phi) is 2.67. The van der Waals surface area contributed by atoms with Crippen LogP contribution >= 0.6 is 0 Å². The molecule has 1 rings (SSSR count). The summed E-state index contributed by atoms with van der Waals surface area (Å²) < 4.78 is 37.8. The molecule has 1 aromatic rings. The molecule has 0 spiro atoms. The van der Waals surface area contributed by atoms with E-state index < -0.39 is 22.7 Å². The summed E-state index contributed by atoms with van der Waals surface area (Å²) in [6.07, 6.45) is -3.36. The fourth-order valence-electron chi connectivity index (χ4n) is 1.33. The summed E-state index contributed by atoms with van der Waals surface area (Å²) in [6.45, 7) is 4.99. The Morgan fingerprint density at radius 2 is 1.67 bits per heavy atom. The first-order valence-electron chi connectivity index (χ1n) is 4.43. The standard InChI is InChI=1S/C10H12F3NO/c1-9(2,3)7-5-14-8(15)4-6(7)10(11,12)13/h4-5H,1-3H3,(H,14,15). The van der Waals surface area contributed by atoms with Gasteiger partial charge in [0.05, 0.1) is 5.56 Å². The lowest BCUT2D eigenvalue weighted by Gasteiger charge is -2.23. The normalized spacial score (nSPS) is 12.9. The highest BCUT2D eigenvalue weighted by Crippen LogP contribution is 2.35. The molecule has 1 N–H and O–H groups in total. The summed E-state index contributed by atoms with van der Waals surface area (Å²) in [5.41, 5.74) is -2.17. The number of halogens is 3. The SMILES string of the molecule is CC(C)(C)c1c[nH]c(=O)cc1C(F)(F)F. The molecule has 0 saturated carbocycles. The van der Waals surface area contributed by atoms with Crippen LogP contribution in [0.4, 0.5) is 13.2 Å². The van der Waals surface area contributed by atoms with Crippen molar-refractivity contribution in [1.82, 2.24) is 4.98 Å². The Balaban J connectivity index is 3.48. The van der Waals surface area contributed by atoms with Crippen molar-refractivity contribution in [3.63, 3.8) is 0 Å². The number of pyridine rings is 1. The van der Waals surface area contributed by atoms with Gasteiger partial charge in [-0.1, -0.05) is 20.8 Å². The van der Waals surface area contributed by atoms with Crippen molar-refractivity contribution in [2.45, 2.75) is 32.4 Å². The molecule has 0 bridgehead atoms. The molecule has 15 heavy (non-hydrogen) atoms. The van der Waals surface area contributed by atoms with E-state index in [1.807, 2.05) is 0 Å². The Morgan fingerprint density at radius 3 is 2.07 bits per heavy atom. The largest absolute Gasteiger partial charge is 0.416 e. The maximum Gasteiger partial charge on any atom is 0.416 e. The number of aromatic amines is 1. The van der Waals surface area contributed by atoms with Crippen molar-refractivity contribution in [1.29, 1.82) is 0 Å². The number of hydrogen-bond donors (Lipinski definition) is 1. The van der Waals surface area contributed by atoms with Gasteiger partial charge in [0.1, 0.15) is 0 Å². The third-order valence-electron chi connectivity index (χ3n) is 2.04. The summed E-state index contributed by atoms with van der Waals surface area (Å²) in [7, 11) is 0. The van der Waals surface area contributed by atoms with Gasteiger partial charge < -0.3 is 4.98 Å². The Labute approximate surface area is 85.1 Å². The van der Waals surface area contributed by atoms with E-state index in [2.05, 4.69) is 4.98 Å². The van der Waals surface area contributed by atoms with Crippen LogP contribution in [0.15, 0.2) is 17.1 Å². The molecule has 0 saturated heterocycles. The van der Waals surface area contributed by atoms with Crippen LogP contribution in [0.2, 0.25) is 0 Å². The molecular weight excluding hydrogens is 207 g/mol. The van der Waals surface area contributed by atoms with Gasteiger partial charge in [0.15, 0.2) is 0 Å². The second-order valence-electron chi connectivity index (χ2n) is 4.37. The maximum atomic E-state index is 12.6. The van der Waals surface area contributed by atoms with Gasteiger partial charge in [-0.25, -0.2) is 0 Å². The van der Waals surface area contributed by atoms with Crippen LogP contribution in [-0.4, -0.2) is 4.98 Å². The lowest BCUT2D eigenvalue weighted by Crippen LogP contribution is -2.23. The maximum absolute atomic E-state index is 12.6. The molecule has 2 nitrogen and oxygen atoms in total. The van der Waals surface area contributed by atoms with Crippen molar-refractivity contribution in [2.24, 2.45) is 0 Å². The average molecular weight is 219 g/mol. The Morgan fingerprint density at radius 1 is 1.13 bits per heavy atom. The van der Waals surface area contributed by atoms with Crippen molar-refractivity contribution < 1.29 is 13.2 Å². The topological polar surface area (TPSA) is 32.9 Å². The molecule has 1 heterocycles. The Bertz CT molecular complexity index is 412. The van der Waals surface area contributed by atoms with Gasteiger partial charge >= 0.3 is 6.18 Å². The summed E-state index contributed by atoms with van der Waals surface area (Å²) in [6, 6.07) is 0.598. The number of rotatable bonds is 0. The molecule has 0 amide bonds. The van der Waals surface area contributed by atoms with Gasteiger partial charge in [-0.3, -0.25) is 4.79 Å². The van der Waals surface area contributed by atoms with Crippen LogP contribution in [0, 0.1) is 0 Å². The van der Waals surface area contributed by atoms with Crippen molar-refractivity contribution in [2.75, 3.05) is 0 Å². The molecule has 5 heteroatoms. The fraction of sp³-hybridized carbons (Fsp3) is 0.500. The molecule has 0 aliphatic rings. The third kappa shape index (κ3) is 2.61. The summed E-state index contributed by atoms with van der Waals surface area (Å²) >= 11 is 0. The van der Waals surface area contributed by atoms with Crippen LogP contribution in [0.3, 0.4) is 0 Å². The monoisotopic (exact) mass is 219 g/mol. The fourth-order valence-corrected chi connectivity index (χ4v) is 1.33. The van der Waals surface area contributed by atoms with Crippen LogP contribution in [0.1, 0.15) is 31.9 Å². The van der Waals surface area contributed by atoms with E-state index in [1.165, 1.54) is 0 Å². The van der Waals surface area contributed by atoms with Gasteiger partial charge in [-0.2, -0.15) is 13.2 Å². The first-order chi connectivity index (χ1) is 6.62. The van der Waals surface area contributed by atoms with Crippen LogP contribution < -0.4 is 5.56 Å². The predicted molar refractivity (Wildman–Crippen MR) is 50.8 cm³/mol. The third-order valence-corrected chi connectivity index (χ3v) is 2.04. The molecule has 0 radical (unpaired) electrons. The molecule has 84 valence electrons. The number of aromatic nitrogens is 1. The van der Waals surface area contributed by atoms with Gasteiger partial charge in [0.25, 0.3) is 0 Å². The Hall–Kier alpha value is -1.26. The van der Waals surface area contributed by atoms with Crippen molar-refractivity contribution in [3.8, 4) is 0 Å². The number of alkyl halides is 3. The minimum atomic E-state index is -4.49. The van der Waals surface area contributed by atoms with Gasteiger partial charge in [0, 0.05) is 12.3 Å². The van der Waals surface area contributed by atoms with Gasteiger partial charge in [0.2, 0.25) is 5.56 Å². The van der Waals surface area contributed by atoms with E-state index in [-0.39, 0.29) is 5.56 Å². The van der Waals surface area contributed by atoms with Crippen LogP contribution in [0.5, 0.6) is 0 Å². The first-order valence-corrected chi connectivity index (χ1v) is 4.43. The summed E-state index contributed by atoms with van der Waals surface area (Å²) in [4.78, 5) is 13.1. The first kappa shape index (κ1) is 11.8. The van der Waals surface area contributed by atoms with E-state index in [0.717, 1.165) is 6.20 Å². The highest BCUT2D eigenvalue weighted by molar-refractivity contribution is 5.31. The highest BCUT2D eigenvalue weighted by atomic mass is 19.4. The van der Waals surface area contributed by atoms with Crippen molar-refractivity contribution >= 4 is 0 Å². The molecule has 0 aliphatic carbocycles. The van der Waals surface area contributed by atoms with Crippen LogP contribution in [0.25, 0.3) is 0 Å². The van der Waals surface area contributed by atoms with Crippen LogP contribution in [-0.2, 0) is 11.6 Å². The minimum Gasteiger partial charge on any atom is -0.329 e. The smallest absolute Gasteiger partial charge is 0.329 e. The zero-order chi connectivity index (χ0) is 11.9. The lowest BCUT2D eigenvalue weighted by molar-refractivity contribution is -0.138. The summed E-state index contributed by atoms with van der Waals surface area (Å²) in [5, 5.41) is 0. The minimum absolute atomic E-state index is 0.0922. The number of H-pyrrole nitrogens is 1. The number of nitrogens with one attached hydrogen (secondary N) is 1. The number of hydrogen-bond acceptors (Lipinski definition) is 1. The highest BCUT2D eigenvalue weighted by Gasteiger charge is 2.36. The second-order valence-corrected chi connectivity index (χ2v) is 4.37. The molecule has 0 atom stereocenters. The van der Waals surface area contributed by atoms with Gasteiger partial charge in [-0.05, 0) is 11.0 Å². The van der Waals surface area contributed by atoms with Crippen molar-refractivity contribution in [3.05, 3.63) is 33.7 Å². The molecular formula is C10H12F3NO. The average Bonchev–Trinajstić information content (AvgIpc) is 2.00. The molecule has 0 unspecified atom stereocenters. The van der Waals surface area contributed by atoms with E-state index in [9.17, 15) is 18.0 Å². The summed E-state index contributed by atoms with van der Waals surface area (Å²) in [5.74, 6) is 0. The zero-order valence-corrected chi connectivity index (χ0v) is 8.70. The lowest BCUT2D eigenvalue weighted by atomic mass is 9.85. The predicted octanol–water partition coefficient (Wildman–Crippen LogP) is 2.69. The van der Waals surface area contributed by atoms with E-state index in [4.69, 9.17) is 0 Å². The molecule has 0 fully saturated rings. The van der Waals surface area contributed by atoms with E-state index >= 15 is 0 Å². The quantitative estimate of drug-likeness (QED) is 0.715. The zero-order valence-electron chi connectivity index (χ0n) is 8.70. The molecule has 0 aliphatic heterocycles. The molecule has 1 aromatic heterocycles. The van der Waals surface area contributed by atoms with E-state index in [1.54, 1.807) is 20.8 Å². The molecule has 0 aromatic carbocycles.